The first-order valence-corrected chi connectivity index (χ1v) is 12.5. The van der Waals surface area contributed by atoms with Crippen LogP contribution in [0.4, 0.5) is 24.5 Å². The van der Waals surface area contributed by atoms with E-state index in [4.69, 9.17) is 22.2 Å². The van der Waals surface area contributed by atoms with Gasteiger partial charge in [0, 0.05) is 31.0 Å². The van der Waals surface area contributed by atoms with Crippen LogP contribution < -0.4 is 14.5 Å². The Labute approximate surface area is 216 Å². The normalized spacial score (nSPS) is 26.6. The number of carbonyl (C=O) groups excluding carboxylic acids is 1. The maximum absolute atomic E-state index is 13.6. The molecule has 3 unspecified atom stereocenters. The summed E-state index contributed by atoms with van der Waals surface area (Å²) in [4.78, 5) is 26.9. The highest BCUT2D eigenvalue weighted by molar-refractivity contribution is 7.81. The fourth-order valence-corrected chi connectivity index (χ4v) is 6.56. The van der Waals surface area contributed by atoms with Gasteiger partial charge in [-0.05, 0) is 57.1 Å². The Morgan fingerprint density at radius 3 is 2.49 bits per heavy atom. The van der Waals surface area contributed by atoms with Gasteiger partial charge in [-0.25, -0.2) is 9.97 Å². The SMILES string of the molecule is CN1CC2CC1CC2Oc1ccc(N2C(=S)N(c3cnc(C#N)c(C(F)(F)F)c3)C(=O)C23CCC3)cn1. The summed E-state index contributed by atoms with van der Waals surface area (Å²) in [5.74, 6) is 0.565. The lowest BCUT2D eigenvalue weighted by atomic mass is 9.75. The molecule has 1 amide bonds. The number of nitrogens with zero attached hydrogens (tertiary/aromatic N) is 6. The lowest BCUT2D eigenvalue weighted by Gasteiger charge is -2.42. The molecule has 12 heteroatoms. The van der Waals surface area contributed by atoms with Crippen LogP contribution in [-0.4, -0.2) is 57.2 Å². The van der Waals surface area contributed by atoms with Gasteiger partial charge in [-0.3, -0.25) is 9.69 Å². The fourth-order valence-electron chi connectivity index (χ4n) is 6.09. The van der Waals surface area contributed by atoms with Gasteiger partial charge in [0.25, 0.3) is 5.91 Å². The molecule has 192 valence electrons. The average molecular weight is 529 g/mol. The molecule has 2 aliphatic heterocycles. The molecule has 37 heavy (non-hydrogen) atoms. The van der Waals surface area contributed by atoms with E-state index in [1.807, 2.05) is 0 Å². The average Bonchev–Trinajstić information content (AvgIpc) is 3.47. The third kappa shape index (κ3) is 3.67. The Morgan fingerprint density at radius 1 is 1.19 bits per heavy atom. The highest BCUT2D eigenvalue weighted by Crippen LogP contribution is 2.48. The number of halogens is 3. The molecule has 0 aromatic carbocycles. The highest BCUT2D eigenvalue weighted by Gasteiger charge is 2.60. The zero-order valence-electron chi connectivity index (χ0n) is 19.9. The van der Waals surface area contributed by atoms with E-state index in [0.29, 0.717) is 36.4 Å². The molecule has 1 spiro atoms. The molecular weight excluding hydrogens is 505 g/mol. The molecule has 4 aliphatic rings. The summed E-state index contributed by atoms with van der Waals surface area (Å²) >= 11 is 5.64. The monoisotopic (exact) mass is 528 g/mol. The zero-order chi connectivity index (χ0) is 26.1. The highest BCUT2D eigenvalue weighted by atomic mass is 32.1. The molecule has 8 nitrogen and oxygen atoms in total. The number of alkyl halides is 3. The van der Waals surface area contributed by atoms with Gasteiger partial charge < -0.3 is 14.5 Å². The largest absolute Gasteiger partial charge is 0.474 e. The van der Waals surface area contributed by atoms with Crippen molar-refractivity contribution in [2.24, 2.45) is 5.92 Å². The molecular formula is C25H23F3N6O2S. The zero-order valence-corrected chi connectivity index (χ0v) is 20.7. The first-order valence-electron chi connectivity index (χ1n) is 12.1. The van der Waals surface area contributed by atoms with E-state index in [0.717, 1.165) is 43.0 Å². The number of thiocarbonyl (C=S) groups is 1. The van der Waals surface area contributed by atoms with Crippen molar-refractivity contribution >= 4 is 34.6 Å². The summed E-state index contributed by atoms with van der Waals surface area (Å²) in [5, 5.41) is 9.12. The van der Waals surface area contributed by atoms with E-state index in [1.165, 1.54) is 6.07 Å². The summed E-state index contributed by atoms with van der Waals surface area (Å²) in [7, 11) is 2.13. The van der Waals surface area contributed by atoms with E-state index in [-0.39, 0.29) is 16.9 Å². The van der Waals surface area contributed by atoms with Crippen LogP contribution in [0.3, 0.4) is 0 Å². The van der Waals surface area contributed by atoms with E-state index >= 15 is 0 Å². The van der Waals surface area contributed by atoms with Crippen molar-refractivity contribution in [1.29, 1.82) is 5.26 Å². The molecule has 2 saturated carbocycles. The van der Waals surface area contributed by atoms with Crippen molar-refractivity contribution in [3.05, 3.63) is 41.9 Å². The van der Waals surface area contributed by atoms with Crippen molar-refractivity contribution in [2.75, 3.05) is 23.4 Å². The number of hydrogen-bond donors (Lipinski definition) is 0. The number of anilines is 2. The Morgan fingerprint density at radius 2 is 1.95 bits per heavy atom. The van der Waals surface area contributed by atoms with Gasteiger partial charge in [0.2, 0.25) is 5.88 Å². The van der Waals surface area contributed by atoms with Crippen LogP contribution in [0.1, 0.15) is 43.4 Å². The van der Waals surface area contributed by atoms with Crippen LogP contribution in [0.25, 0.3) is 0 Å². The van der Waals surface area contributed by atoms with Crippen molar-refractivity contribution in [2.45, 2.75) is 56.0 Å². The lowest BCUT2D eigenvalue weighted by Crippen LogP contribution is -2.55. The van der Waals surface area contributed by atoms with Gasteiger partial charge in [0.05, 0.1) is 29.3 Å². The van der Waals surface area contributed by atoms with Gasteiger partial charge in [0.15, 0.2) is 10.8 Å². The quantitative estimate of drug-likeness (QED) is 0.553. The molecule has 4 heterocycles. The summed E-state index contributed by atoms with van der Waals surface area (Å²) < 4.78 is 46.8. The number of aromatic nitrogens is 2. The van der Waals surface area contributed by atoms with Gasteiger partial charge >= 0.3 is 6.18 Å². The number of ether oxygens (including phenoxy) is 1. The van der Waals surface area contributed by atoms with Crippen LogP contribution in [-0.2, 0) is 11.0 Å². The molecule has 2 bridgehead atoms. The number of carbonyl (C=O) groups is 1. The van der Waals surface area contributed by atoms with E-state index < -0.39 is 28.9 Å². The van der Waals surface area contributed by atoms with Crippen molar-refractivity contribution in [1.82, 2.24) is 14.9 Å². The third-order valence-corrected chi connectivity index (χ3v) is 8.50. The van der Waals surface area contributed by atoms with E-state index in [2.05, 4.69) is 21.9 Å². The van der Waals surface area contributed by atoms with Crippen LogP contribution in [0.2, 0.25) is 0 Å². The minimum atomic E-state index is -4.81. The molecule has 6 rings (SSSR count). The maximum atomic E-state index is 13.6. The van der Waals surface area contributed by atoms with Gasteiger partial charge in [-0.1, -0.05) is 0 Å². The summed E-state index contributed by atoms with van der Waals surface area (Å²) in [5.41, 5.74) is -2.50. The molecule has 2 saturated heterocycles. The minimum absolute atomic E-state index is 0.0518. The number of piperidine rings is 1. The topological polar surface area (TPSA) is 85.6 Å². The number of nitriles is 1. The van der Waals surface area contributed by atoms with Crippen molar-refractivity contribution in [3.8, 4) is 11.9 Å². The van der Waals surface area contributed by atoms with Gasteiger partial charge in [-0.2, -0.15) is 18.4 Å². The molecule has 0 N–H and O–H groups in total. The minimum Gasteiger partial charge on any atom is -0.474 e. The Bertz CT molecular complexity index is 1320. The second kappa shape index (κ2) is 8.36. The van der Waals surface area contributed by atoms with E-state index in [9.17, 15) is 18.0 Å². The Balaban J connectivity index is 1.28. The smallest absolute Gasteiger partial charge is 0.419 e. The predicted octanol–water partition coefficient (Wildman–Crippen LogP) is 3.90. The van der Waals surface area contributed by atoms with Gasteiger partial charge in [-0.15, -0.1) is 0 Å². The van der Waals surface area contributed by atoms with Crippen molar-refractivity contribution < 1.29 is 22.7 Å². The maximum Gasteiger partial charge on any atom is 0.419 e. The van der Waals surface area contributed by atoms with Crippen LogP contribution >= 0.6 is 12.2 Å². The first-order chi connectivity index (χ1) is 17.6. The molecule has 0 radical (unpaired) electrons. The fraction of sp³-hybridized carbons (Fsp3) is 0.480. The standard InChI is InChI=1S/C25H23F3N6O2S/c1-32-13-14-7-16(32)9-20(14)36-21-4-3-15(11-31-21)34-23(37)33(22(35)24(34)5-2-6-24)17-8-18(25(26,27)28)19(10-29)30-12-17/h3-4,8,11-12,14,16,20H,2,5-7,9,13H2,1H3. The Kier molecular flexibility index (Phi) is 5.44. The van der Waals surface area contributed by atoms with Crippen LogP contribution in [0.5, 0.6) is 5.88 Å². The van der Waals surface area contributed by atoms with Crippen LogP contribution in [0, 0.1) is 17.2 Å². The third-order valence-electron chi connectivity index (χ3n) is 8.14. The number of likely N-dealkylation sites (tertiary alicyclic amines) is 1. The Hall–Kier alpha value is -3.30. The summed E-state index contributed by atoms with van der Waals surface area (Å²) in [6.07, 6.45) is 1.88. The molecule has 2 aromatic heterocycles. The molecule has 2 aromatic rings. The second-order valence-electron chi connectivity index (χ2n) is 10.2. The predicted molar refractivity (Wildman–Crippen MR) is 131 cm³/mol. The van der Waals surface area contributed by atoms with E-state index in [1.54, 1.807) is 23.2 Å². The number of pyridine rings is 2. The molecule has 4 fully saturated rings. The number of hydrogen-bond acceptors (Lipinski definition) is 7. The number of fused-ring (bicyclic) bond motifs is 2. The van der Waals surface area contributed by atoms with Crippen molar-refractivity contribution in [3.63, 3.8) is 0 Å². The van der Waals surface area contributed by atoms with Gasteiger partial charge in [0.1, 0.15) is 17.7 Å². The second-order valence-corrected chi connectivity index (χ2v) is 10.5. The molecule has 2 aliphatic carbocycles. The summed E-state index contributed by atoms with van der Waals surface area (Å²) in [6, 6.07) is 6.29. The number of amides is 1. The lowest BCUT2D eigenvalue weighted by molar-refractivity contribution is -0.138. The van der Waals surface area contributed by atoms with Crippen LogP contribution in [0.15, 0.2) is 30.6 Å². The summed E-state index contributed by atoms with van der Waals surface area (Å²) in [6.45, 7) is 1.01. The first kappa shape index (κ1) is 24.1. The molecule has 3 atom stereocenters. The number of rotatable bonds is 4.